The second-order valence-corrected chi connectivity index (χ2v) is 5.79. The molecule has 0 fully saturated rings. The van der Waals surface area contributed by atoms with Gasteiger partial charge in [0.2, 0.25) is 0 Å². The highest BCUT2D eigenvalue weighted by molar-refractivity contribution is 4.95. The lowest BCUT2D eigenvalue weighted by molar-refractivity contribution is -0.370. The highest BCUT2D eigenvalue weighted by Crippen LogP contribution is 2.46. The average molecular weight is 338 g/mol. The number of alkyl halides is 6. The van der Waals surface area contributed by atoms with Crippen LogP contribution in [0.5, 0.6) is 0 Å². The molecule has 1 unspecified atom stereocenters. The van der Waals surface area contributed by atoms with Gasteiger partial charge in [-0.3, -0.25) is 0 Å². The summed E-state index contributed by atoms with van der Waals surface area (Å²) in [6.45, 7) is 7.67. The van der Waals surface area contributed by atoms with Crippen molar-refractivity contribution in [3.63, 3.8) is 0 Å². The minimum atomic E-state index is -5.83. The van der Waals surface area contributed by atoms with Gasteiger partial charge in [-0.1, -0.05) is 6.58 Å². The maximum Gasteiger partial charge on any atom is 0.426 e. The van der Waals surface area contributed by atoms with E-state index in [0.29, 0.717) is 0 Å². The van der Waals surface area contributed by atoms with Crippen LogP contribution in [0.15, 0.2) is 12.2 Å². The Bertz CT molecular complexity index is 372. The topological polar surface area (TPSA) is 49.7 Å². The van der Waals surface area contributed by atoms with E-state index in [0.717, 1.165) is 0 Å². The molecule has 0 aromatic carbocycles. The van der Waals surface area contributed by atoms with Crippen molar-refractivity contribution in [1.82, 2.24) is 0 Å². The Hall–Kier alpha value is -0.800. The molecular formula is C13H20F6O3. The van der Waals surface area contributed by atoms with Crippen LogP contribution in [0.4, 0.5) is 26.3 Å². The molecule has 22 heavy (non-hydrogen) atoms. The van der Waals surface area contributed by atoms with Crippen LogP contribution in [0, 0.1) is 0 Å². The van der Waals surface area contributed by atoms with Gasteiger partial charge in [-0.2, -0.15) is 26.3 Å². The molecule has 0 aliphatic carbocycles. The Morgan fingerprint density at radius 3 is 1.77 bits per heavy atom. The van der Waals surface area contributed by atoms with Crippen LogP contribution in [0.2, 0.25) is 0 Å². The van der Waals surface area contributed by atoms with Gasteiger partial charge in [-0.15, -0.1) is 0 Å². The Labute approximate surface area is 124 Å². The van der Waals surface area contributed by atoms with Gasteiger partial charge in [0.1, 0.15) is 0 Å². The van der Waals surface area contributed by atoms with Crippen LogP contribution in [0.3, 0.4) is 0 Å². The van der Waals surface area contributed by atoms with Crippen molar-refractivity contribution in [1.29, 1.82) is 0 Å². The minimum absolute atomic E-state index is 0.230. The maximum absolute atomic E-state index is 12.5. The van der Waals surface area contributed by atoms with E-state index in [-0.39, 0.29) is 12.0 Å². The van der Waals surface area contributed by atoms with E-state index in [2.05, 4.69) is 6.58 Å². The van der Waals surface area contributed by atoms with Crippen LogP contribution >= 0.6 is 0 Å². The number of ether oxygens (including phenoxy) is 1. The summed E-state index contributed by atoms with van der Waals surface area (Å²) in [5.41, 5.74) is -5.70. The number of halogens is 6. The van der Waals surface area contributed by atoms with E-state index < -0.39 is 42.7 Å². The fraction of sp³-hybridized carbons (Fsp3) is 0.846. The molecule has 0 aromatic rings. The van der Waals surface area contributed by atoms with Crippen LogP contribution < -0.4 is 0 Å². The van der Waals surface area contributed by atoms with Crippen molar-refractivity contribution >= 4 is 0 Å². The first-order chi connectivity index (χ1) is 9.53. The number of hydrogen-bond acceptors (Lipinski definition) is 3. The van der Waals surface area contributed by atoms with E-state index in [9.17, 15) is 31.4 Å². The van der Waals surface area contributed by atoms with Crippen molar-refractivity contribution in [2.75, 3.05) is 0 Å². The molecule has 0 aliphatic heterocycles. The standard InChI is InChI=1S/C13H20F6O3/c1-8(2)9(20)22-10(3,4)6-5-7-11(21,12(14,15)16)13(17,18)19/h9,20-21H,1,5-7H2,2-4H3. The smallest absolute Gasteiger partial charge is 0.374 e. The van der Waals surface area contributed by atoms with Crippen molar-refractivity contribution < 1.29 is 41.3 Å². The zero-order chi connectivity index (χ0) is 18.0. The predicted molar refractivity (Wildman–Crippen MR) is 66.9 cm³/mol. The molecule has 0 heterocycles. The fourth-order valence-electron chi connectivity index (χ4n) is 1.68. The molecular weight excluding hydrogens is 318 g/mol. The maximum atomic E-state index is 12.5. The molecule has 9 heteroatoms. The normalized spacial score (nSPS) is 15.8. The summed E-state index contributed by atoms with van der Waals surface area (Å²) in [6, 6.07) is 0. The second-order valence-electron chi connectivity index (χ2n) is 5.79. The monoisotopic (exact) mass is 338 g/mol. The molecule has 0 saturated heterocycles. The van der Waals surface area contributed by atoms with Gasteiger partial charge < -0.3 is 14.9 Å². The molecule has 0 saturated carbocycles. The van der Waals surface area contributed by atoms with Gasteiger partial charge in [0.15, 0.2) is 6.29 Å². The zero-order valence-corrected chi connectivity index (χ0v) is 12.5. The van der Waals surface area contributed by atoms with Gasteiger partial charge >= 0.3 is 12.4 Å². The van der Waals surface area contributed by atoms with Crippen molar-refractivity contribution in [3.05, 3.63) is 12.2 Å². The lowest BCUT2D eigenvalue weighted by atomic mass is 9.91. The summed E-state index contributed by atoms with van der Waals surface area (Å²) < 4.78 is 80.0. The Morgan fingerprint density at radius 1 is 1.05 bits per heavy atom. The summed E-state index contributed by atoms with van der Waals surface area (Å²) in [4.78, 5) is 0. The first-order valence-corrected chi connectivity index (χ1v) is 6.40. The highest BCUT2D eigenvalue weighted by atomic mass is 19.4. The summed E-state index contributed by atoms with van der Waals surface area (Å²) >= 11 is 0. The largest absolute Gasteiger partial charge is 0.426 e. The molecule has 1 atom stereocenters. The Morgan fingerprint density at radius 2 is 1.45 bits per heavy atom. The van der Waals surface area contributed by atoms with E-state index >= 15 is 0 Å². The molecule has 0 aromatic heterocycles. The van der Waals surface area contributed by atoms with Crippen molar-refractivity contribution in [2.24, 2.45) is 0 Å². The molecule has 0 amide bonds. The van der Waals surface area contributed by atoms with Crippen LogP contribution in [0.25, 0.3) is 0 Å². The van der Waals surface area contributed by atoms with Crippen LogP contribution in [-0.2, 0) is 4.74 Å². The highest BCUT2D eigenvalue weighted by Gasteiger charge is 2.69. The molecule has 0 spiro atoms. The van der Waals surface area contributed by atoms with E-state index in [1.165, 1.54) is 20.8 Å². The summed E-state index contributed by atoms with van der Waals surface area (Å²) in [6.07, 6.45) is -15.4. The third-order valence-electron chi connectivity index (χ3n) is 3.11. The lowest BCUT2D eigenvalue weighted by Crippen LogP contribution is -2.56. The SMILES string of the molecule is C=C(C)C(O)OC(C)(C)CCCC(O)(C(F)(F)F)C(F)(F)F. The van der Waals surface area contributed by atoms with Crippen molar-refractivity contribution in [3.8, 4) is 0 Å². The first-order valence-electron chi connectivity index (χ1n) is 6.40. The molecule has 0 radical (unpaired) electrons. The molecule has 0 bridgehead atoms. The Balaban J connectivity index is 4.81. The minimum Gasteiger partial charge on any atom is -0.374 e. The Kier molecular flexibility index (Phi) is 6.51. The first kappa shape index (κ1) is 21.2. The van der Waals surface area contributed by atoms with Crippen LogP contribution in [-0.4, -0.2) is 40.1 Å². The summed E-state index contributed by atoms with van der Waals surface area (Å²) in [5, 5.41) is 18.4. The third kappa shape index (κ3) is 5.44. The average Bonchev–Trinajstić information content (AvgIpc) is 2.24. The molecule has 0 rings (SSSR count). The zero-order valence-electron chi connectivity index (χ0n) is 12.5. The molecule has 132 valence electrons. The van der Waals surface area contributed by atoms with E-state index in [4.69, 9.17) is 9.84 Å². The molecule has 0 aliphatic rings. The number of aliphatic hydroxyl groups excluding tert-OH is 1. The number of rotatable bonds is 7. The predicted octanol–water partition coefficient (Wildman–Crippen LogP) is 3.70. The molecule has 2 N–H and O–H groups in total. The van der Waals surface area contributed by atoms with Gasteiger partial charge in [0, 0.05) is 0 Å². The van der Waals surface area contributed by atoms with Crippen molar-refractivity contribution in [2.45, 2.75) is 69.9 Å². The number of hydrogen-bond donors (Lipinski definition) is 2. The summed E-state index contributed by atoms with van der Waals surface area (Å²) in [7, 11) is 0. The number of aliphatic hydroxyl groups is 2. The fourth-order valence-corrected chi connectivity index (χ4v) is 1.68. The van der Waals surface area contributed by atoms with Gasteiger partial charge in [0.25, 0.3) is 5.60 Å². The van der Waals surface area contributed by atoms with Crippen LogP contribution in [0.1, 0.15) is 40.0 Å². The van der Waals surface area contributed by atoms with Gasteiger partial charge in [0.05, 0.1) is 5.60 Å². The lowest BCUT2D eigenvalue weighted by Gasteiger charge is -2.34. The quantitative estimate of drug-likeness (QED) is 0.423. The molecule has 3 nitrogen and oxygen atoms in total. The van der Waals surface area contributed by atoms with E-state index in [1.807, 2.05) is 0 Å². The summed E-state index contributed by atoms with van der Waals surface area (Å²) in [5.74, 6) is 0. The van der Waals surface area contributed by atoms with Gasteiger partial charge in [-0.05, 0) is 45.6 Å². The second kappa shape index (κ2) is 6.76. The van der Waals surface area contributed by atoms with Gasteiger partial charge in [-0.25, -0.2) is 0 Å². The third-order valence-corrected chi connectivity index (χ3v) is 3.11. The van der Waals surface area contributed by atoms with E-state index in [1.54, 1.807) is 0 Å².